The van der Waals surface area contributed by atoms with Crippen molar-refractivity contribution >= 4 is 5.91 Å². The predicted octanol–water partition coefficient (Wildman–Crippen LogP) is 5.66. The van der Waals surface area contributed by atoms with Crippen LogP contribution >= 0.6 is 0 Å². The zero-order valence-electron chi connectivity index (χ0n) is 16.1. The Balaban J connectivity index is 1.48. The molecule has 0 saturated heterocycles. The molecule has 1 heterocycles. The first-order valence-corrected chi connectivity index (χ1v) is 9.39. The lowest BCUT2D eigenvalue weighted by Gasteiger charge is -2.13. The van der Waals surface area contributed by atoms with Gasteiger partial charge in [-0.2, -0.15) is 5.10 Å². The number of carbonyl (C=O) groups excluding carboxylic acids is 1. The normalized spacial score (nSPS) is 11.8. The van der Waals surface area contributed by atoms with E-state index in [4.69, 9.17) is 4.74 Å². The third-order valence-corrected chi connectivity index (χ3v) is 4.66. The van der Waals surface area contributed by atoms with Crippen LogP contribution in [-0.4, -0.2) is 15.7 Å². The molecule has 6 heteroatoms. The van der Waals surface area contributed by atoms with Crippen LogP contribution in [0.3, 0.4) is 0 Å². The summed E-state index contributed by atoms with van der Waals surface area (Å²) < 4.78 is 34.6. The molecule has 1 atom stereocenters. The Bertz CT molecular complexity index is 1170. The Kier molecular flexibility index (Phi) is 5.39. The molecule has 150 valence electrons. The highest BCUT2D eigenvalue weighted by Gasteiger charge is 2.16. The molecule has 0 aliphatic rings. The summed E-state index contributed by atoms with van der Waals surface area (Å²) in [5.74, 6) is -0.825. The smallest absolute Gasteiger partial charge is 0.278 e. The van der Waals surface area contributed by atoms with Crippen LogP contribution in [-0.2, 0) is 0 Å². The highest BCUT2D eigenvalue weighted by atomic mass is 19.1. The summed E-state index contributed by atoms with van der Waals surface area (Å²) in [6.45, 7) is 1.76. The van der Waals surface area contributed by atoms with E-state index < -0.39 is 11.9 Å². The maximum atomic E-state index is 14.5. The van der Waals surface area contributed by atoms with E-state index in [-0.39, 0.29) is 11.7 Å². The van der Waals surface area contributed by atoms with E-state index in [1.54, 1.807) is 25.1 Å². The van der Waals surface area contributed by atoms with Crippen molar-refractivity contribution in [2.24, 2.45) is 0 Å². The maximum absolute atomic E-state index is 14.5. The van der Waals surface area contributed by atoms with Gasteiger partial charge in [0.1, 0.15) is 29.2 Å². The van der Waals surface area contributed by atoms with Crippen LogP contribution in [0, 0.1) is 11.6 Å². The molecule has 0 saturated carbocycles. The molecule has 0 bridgehead atoms. The first-order valence-electron chi connectivity index (χ1n) is 9.39. The average Bonchev–Trinajstić information content (AvgIpc) is 3.25. The highest BCUT2D eigenvalue weighted by Crippen LogP contribution is 2.28. The molecule has 0 fully saturated rings. The molecule has 4 rings (SSSR count). The van der Waals surface area contributed by atoms with Gasteiger partial charge in [0.25, 0.3) is 5.91 Å². The summed E-state index contributed by atoms with van der Waals surface area (Å²) >= 11 is 0. The van der Waals surface area contributed by atoms with Gasteiger partial charge in [0, 0.05) is 23.4 Å². The Morgan fingerprint density at radius 2 is 1.70 bits per heavy atom. The fourth-order valence-electron chi connectivity index (χ4n) is 3.08. The minimum absolute atomic E-state index is 0.318. The van der Waals surface area contributed by atoms with Gasteiger partial charge in [-0.05, 0) is 55.0 Å². The summed E-state index contributed by atoms with van der Waals surface area (Å²) in [5, 5.41) is 4.25. The molecule has 0 radical (unpaired) electrons. The number of ether oxygens (including phenoxy) is 1. The number of hydrogen-bond acceptors (Lipinski definition) is 3. The maximum Gasteiger partial charge on any atom is 0.278 e. The van der Waals surface area contributed by atoms with Crippen molar-refractivity contribution in [1.29, 1.82) is 0 Å². The summed E-state index contributed by atoms with van der Waals surface area (Å²) in [4.78, 5) is 12.5. The number of nitrogens with zero attached hydrogens (tertiary/aromatic N) is 2. The van der Waals surface area contributed by atoms with Crippen LogP contribution in [0.4, 0.5) is 8.78 Å². The van der Waals surface area contributed by atoms with Crippen molar-refractivity contribution in [2.75, 3.05) is 0 Å². The van der Waals surface area contributed by atoms with Crippen molar-refractivity contribution in [1.82, 2.24) is 9.78 Å². The molecule has 0 amide bonds. The number of halogens is 2. The first kappa shape index (κ1) is 19.5. The standard InChI is InChI=1S/C24H18F2N2O2/c1-16(23-13-14-28(27-23)24(29)18-7-9-19(25)10-8-18)30-20-11-12-21(22(26)15-20)17-5-3-2-4-6-17/h2-16H,1H3/t16-/m1/s1. The third-order valence-electron chi connectivity index (χ3n) is 4.66. The van der Waals surface area contributed by atoms with Crippen LogP contribution in [0.15, 0.2) is 85.1 Å². The molecule has 0 N–H and O–H groups in total. The first-order chi connectivity index (χ1) is 14.5. The van der Waals surface area contributed by atoms with Gasteiger partial charge < -0.3 is 4.74 Å². The van der Waals surface area contributed by atoms with Gasteiger partial charge in [0.2, 0.25) is 0 Å². The van der Waals surface area contributed by atoms with Crippen LogP contribution in [0.1, 0.15) is 29.1 Å². The fraction of sp³-hybridized carbons (Fsp3) is 0.0833. The minimum Gasteiger partial charge on any atom is -0.484 e. The molecule has 0 spiro atoms. The summed E-state index contributed by atoms with van der Waals surface area (Å²) in [7, 11) is 0. The molecule has 0 aliphatic carbocycles. The Morgan fingerprint density at radius 3 is 2.40 bits per heavy atom. The Morgan fingerprint density at radius 1 is 0.967 bits per heavy atom. The van der Waals surface area contributed by atoms with E-state index in [9.17, 15) is 13.6 Å². The molecule has 4 aromatic rings. The monoisotopic (exact) mass is 404 g/mol. The van der Waals surface area contributed by atoms with Crippen LogP contribution < -0.4 is 4.74 Å². The fourth-order valence-corrected chi connectivity index (χ4v) is 3.08. The van der Waals surface area contributed by atoms with E-state index in [1.165, 1.54) is 41.2 Å². The summed E-state index contributed by atoms with van der Waals surface area (Å²) in [5.41, 5.74) is 2.11. The molecule has 4 nitrogen and oxygen atoms in total. The number of carbonyl (C=O) groups is 1. The number of hydrogen-bond donors (Lipinski definition) is 0. The summed E-state index contributed by atoms with van der Waals surface area (Å²) in [6, 6.07) is 20.8. The van der Waals surface area contributed by atoms with E-state index in [2.05, 4.69) is 5.10 Å². The lowest BCUT2D eigenvalue weighted by molar-refractivity contribution is 0.0943. The van der Waals surface area contributed by atoms with Gasteiger partial charge in [0.15, 0.2) is 0 Å². The second-order valence-corrected chi connectivity index (χ2v) is 6.76. The van der Waals surface area contributed by atoms with Crippen molar-refractivity contribution in [3.63, 3.8) is 0 Å². The molecule has 0 unspecified atom stereocenters. The van der Waals surface area contributed by atoms with Crippen molar-refractivity contribution < 1.29 is 18.3 Å². The summed E-state index contributed by atoms with van der Waals surface area (Å²) in [6.07, 6.45) is 1.01. The van der Waals surface area contributed by atoms with Crippen molar-refractivity contribution in [3.8, 4) is 16.9 Å². The highest BCUT2D eigenvalue weighted by molar-refractivity contribution is 5.95. The molecule has 1 aromatic heterocycles. The van der Waals surface area contributed by atoms with Gasteiger partial charge >= 0.3 is 0 Å². The van der Waals surface area contributed by atoms with Crippen LogP contribution in [0.2, 0.25) is 0 Å². The zero-order chi connectivity index (χ0) is 21.1. The van der Waals surface area contributed by atoms with E-state index in [0.717, 1.165) is 5.56 Å². The molecule has 0 aliphatic heterocycles. The average molecular weight is 404 g/mol. The largest absolute Gasteiger partial charge is 0.484 e. The van der Waals surface area contributed by atoms with Crippen LogP contribution in [0.5, 0.6) is 5.75 Å². The number of aromatic nitrogens is 2. The van der Waals surface area contributed by atoms with Gasteiger partial charge in [0.05, 0.1) is 0 Å². The quantitative estimate of drug-likeness (QED) is 0.431. The predicted molar refractivity (Wildman–Crippen MR) is 109 cm³/mol. The third kappa shape index (κ3) is 4.12. The van der Waals surface area contributed by atoms with Crippen molar-refractivity contribution in [3.05, 3.63) is 108 Å². The second kappa shape index (κ2) is 8.29. The molecular formula is C24H18F2N2O2. The van der Waals surface area contributed by atoms with Gasteiger partial charge in [-0.25, -0.2) is 13.5 Å². The van der Waals surface area contributed by atoms with E-state index in [0.29, 0.717) is 22.6 Å². The van der Waals surface area contributed by atoms with Crippen LogP contribution in [0.25, 0.3) is 11.1 Å². The second-order valence-electron chi connectivity index (χ2n) is 6.76. The number of benzene rings is 3. The lowest BCUT2D eigenvalue weighted by Crippen LogP contribution is -2.14. The topological polar surface area (TPSA) is 44.1 Å². The van der Waals surface area contributed by atoms with Gasteiger partial charge in [-0.15, -0.1) is 0 Å². The Labute approximate surface area is 172 Å². The van der Waals surface area contributed by atoms with E-state index >= 15 is 0 Å². The zero-order valence-corrected chi connectivity index (χ0v) is 16.1. The number of rotatable bonds is 5. The van der Waals surface area contributed by atoms with Gasteiger partial charge in [-0.3, -0.25) is 4.79 Å². The van der Waals surface area contributed by atoms with Gasteiger partial charge in [-0.1, -0.05) is 30.3 Å². The molecule has 3 aromatic carbocycles. The Hall–Kier alpha value is -3.80. The molecule has 30 heavy (non-hydrogen) atoms. The van der Waals surface area contributed by atoms with E-state index in [1.807, 2.05) is 30.3 Å². The SMILES string of the molecule is C[C@@H](Oc1ccc(-c2ccccc2)c(F)c1)c1ccn(C(=O)c2ccc(F)cc2)n1. The minimum atomic E-state index is -0.505. The lowest BCUT2D eigenvalue weighted by atomic mass is 10.1. The van der Waals surface area contributed by atoms with Crippen molar-refractivity contribution in [2.45, 2.75) is 13.0 Å². The molecular weight excluding hydrogens is 386 g/mol.